The Bertz CT molecular complexity index is 1120. The van der Waals surface area contributed by atoms with Crippen molar-refractivity contribution >= 4 is 34.2 Å². The number of hydrogen-bond donors (Lipinski definition) is 2. The fraction of sp³-hybridized carbons (Fsp3) is 0.261. The molecule has 1 aromatic heterocycles. The smallest absolute Gasteiger partial charge is 0.292 e. The van der Waals surface area contributed by atoms with Crippen molar-refractivity contribution in [2.24, 2.45) is 0 Å². The van der Waals surface area contributed by atoms with E-state index in [1.165, 1.54) is 0 Å². The molecule has 3 aromatic rings. The van der Waals surface area contributed by atoms with E-state index >= 15 is 0 Å². The second kappa shape index (κ2) is 8.02. The van der Waals surface area contributed by atoms with Crippen LogP contribution in [0.2, 0.25) is 0 Å². The van der Waals surface area contributed by atoms with Crippen LogP contribution in [-0.2, 0) is 9.59 Å². The first-order valence-electron chi connectivity index (χ1n) is 9.93. The van der Waals surface area contributed by atoms with Gasteiger partial charge in [0.05, 0.1) is 18.2 Å². The van der Waals surface area contributed by atoms with Gasteiger partial charge < -0.3 is 19.9 Å². The number of carbonyl (C=O) groups is 3. The van der Waals surface area contributed by atoms with Gasteiger partial charge in [-0.3, -0.25) is 14.4 Å². The molecule has 1 saturated heterocycles. The van der Waals surface area contributed by atoms with Crippen LogP contribution in [0, 0.1) is 6.92 Å². The molecule has 0 unspecified atom stereocenters. The molecule has 4 rings (SSSR count). The number of anilines is 1. The molecule has 1 fully saturated rings. The van der Waals surface area contributed by atoms with Crippen LogP contribution < -0.4 is 15.0 Å². The summed E-state index contributed by atoms with van der Waals surface area (Å²) in [4.78, 5) is 42.7. The fourth-order valence-corrected chi connectivity index (χ4v) is 3.88. The summed E-state index contributed by atoms with van der Waals surface area (Å²) in [5.74, 6) is -0.663. The number of carbonyl (C=O) groups excluding carboxylic acids is 3. The van der Waals surface area contributed by atoms with Crippen LogP contribution in [0.3, 0.4) is 0 Å². The van der Waals surface area contributed by atoms with Gasteiger partial charge in [-0.25, -0.2) is 0 Å². The van der Waals surface area contributed by atoms with E-state index in [0.717, 1.165) is 17.0 Å². The molecule has 0 radical (unpaired) electrons. The number of benzene rings is 2. The number of fused-ring (bicyclic) bond motifs is 1. The van der Waals surface area contributed by atoms with E-state index in [2.05, 4.69) is 10.3 Å². The van der Waals surface area contributed by atoms with Crippen LogP contribution in [0.4, 0.5) is 5.69 Å². The third kappa shape index (κ3) is 3.66. The van der Waals surface area contributed by atoms with E-state index in [0.29, 0.717) is 29.8 Å². The van der Waals surface area contributed by atoms with Crippen LogP contribution >= 0.6 is 0 Å². The molecule has 7 nitrogen and oxygen atoms in total. The Morgan fingerprint density at radius 3 is 2.63 bits per heavy atom. The molecule has 2 N–H and O–H groups in total. The topological polar surface area (TPSA) is 91.5 Å². The van der Waals surface area contributed by atoms with E-state index < -0.39 is 17.7 Å². The minimum absolute atomic E-state index is 0.0971. The van der Waals surface area contributed by atoms with E-state index in [1.54, 1.807) is 24.0 Å². The fourth-order valence-electron chi connectivity index (χ4n) is 3.88. The normalized spacial score (nSPS) is 16.1. The minimum atomic E-state index is -0.700. The van der Waals surface area contributed by atoms with Gasteiger partial charge in [0.25, 0.3) is 11.7 Å². The van der Waals surface area contributed by atoms with Crippen LogP contribution in [0.15, 0.2) is 48.5 Å². The first kappa shape index (κ1) is 19.7. The summed E-state index contributed by atoms with van der Waals surface area (Å²) in [6.07, 6.45) is 0.152. The Kier molecular flexibility index (Phi) is 5.27. The number of ether oxygens (including phenoxy) is 1. The van der Waals surface area contributed by atoms with Gasteiger partial charge in [0.1, 0.15) is 5.75 Å². The number of Topliss-reactive ketones (excluding diaryl/α,β-unsaturated/α-hetero) is 1. The van der Waals surface area contributed by atoms with Crippen molar-refractivity contribution in [3.05, 3.63) is 59.8 Å². The predicted octanol–water partition coefficient (Wildman–Crippen LogP) is 2.98. The third-order valence-electron chi connectivity index (χ3n) is 5.25. The SMILES string of the molecule is CCOc1ccc(N2C[C@@H](NC(=O)C(=O)c3c(C)[nH]c4ccccc34)CC2=O)cc1. The van der Waals surface area contributed by atoms with Gasteiger partial charge in [-0.05, 0) is 44.2 Å². The van der Waals surface area contributed by atoms with Gasteiger partial charge >= 0.3 is 0 Å². The van der Waals surface area contributed by atoms with Crippen molar-refractivity contribution in [3.8, 4) is 5.75 Å². The summed E-state index contributed by atoms with van der Waals surface area (Å²) in [5.41, 5.74) is 2.56. The number of hydrogen-bond acceptors (Lipinski definition) is 4. The van der Waals surface area contributed by atoms with Crippen molar-refractivity contribution in [2.45, 2.75) is 26.3 Å². The lowest BCUT2D eigenvalue weighted by Crippen LogP contribution is -2.41. The highest BCUT2D eigenvalue weighted by Crippen LogP contribution is 2.25. The van der Waals surface area contributed by atoms with E-state index in [-0.39, 0.29) is 12.3 Å². The molecule has 1 atom stereocenters. The number of nitrogens with one attached hydrogen (secondary N) is 2. The number of para-hydroxylation sites is 1. The molecule has 2 amide bonds. The number of aromatic nitrogens is 1. The molecule has 2 heterocycles. The van der Waals surface area contributed by atoms with Crippen molar-refractivity contribution < 1.29 is 19.1 Å². The van der Waals surface area contributed by atoms with Gasteiger partial charge in [-0.1, -0.05) is 18.2 Å². The highest BCUT2D eigenvalue weighted by Gasteiger charge is 2.33. The van der Waals surface area contributed by atoms with Crippen molar-refractivity contribution in [1.82, 2.24) is 10.3 Å². The number of rotatable bonds is 6. The summed E-state index contributed by atoms with van der Waals surface area (Å²) in [6.45, 7) is 4.57. The van der Waals surface area contributed by atoms with Crippen molar-refractivity contribution in [1.29, 1.82) is 0 Å². The summed E-state index contributed by atoms with van der Waals surface area (Å²) < 4.78 is 5.43. The molecule has 1 aliphatic heterocycles. The molecule has 154 valence electrons. The zero-order valence-electron chi connectivity index (χ0n) is 16.9. The average Bonchev–Trinajstić information content (AvgIpc) is 3.26. The number of ketones is 1. The summed E-state index contributed by atoms with van der Waals surface area (Å²) in [7, 11) is 0. The molecule has 1 aliphatic rings. The lowest BCUT2D eigenvalue weighted by molar-refractivity contribution is -0.118. The summed E-state index contributed by atoms with van der Waals surface area (Å²) in [6, 6.07) is 14.2. The van der Waals surface area contributed by atoms with Gasteiger partial charge in [0, 0.05) is 35.2 Å². The Morgan fingerprint density at radius 1 is 1.17 bits per heavy atom. The molecule has 0 bridgehead atoms. The predicted molar refractivity (Wildman–Crippen MR) is 114 cm³/mol. The molecule has 0 aliphatic carbocycles. The van der Waals surface area contributed by atoms with Gasteiger partial charge in [-0.2, -0.15) is 0 Å². The van der Waals surface area contributed by atoms with Crippen LogP contribution in [0.25, 0.3) is 10.9 Å². The Balaban J connectivity index is 1.45. The highest BCUT2D eigenvalue weighted by molar-refractivity contribution is 6.45. The Labute approximate surface area is 174 Å². The molecule has 0 spiro atoms. The van der Waals surface area contributed by atoms with E-state index in [4.69, 9.17) is 4.74 Å². The first-order valence-corrected chi connectivity index (χ1v) is 9.93. The maximum absolute atomic E-state index is 12.8. The zero-order chi connectivity index (χ0) is 21.3. The van der Waals surface area contributed by atoms with Gasteiger partial charge in [-0.15, -0.1) is 0 Å². The maximum atomic E-state index is 12.8. The highest BCUT2D eigenvalue weighted by atomic mass is 16.5. The summed E-state index contributed by atoms with van der Waals surface area (Å²) >= 11 is 0. The lowest BCUT2D eigenvalue weighted by atomic mass is 10.1. The van der Waals surface area contributed by atoms with Gasteiger partial charge in [0.2, 0.25) is 5.91 Å². The Hall–Kier alpha value is -3.61. The van der Waals surface area contributed by atoms with Gasteiger partial charge in [0.15, 0.2) is 0 Å². The maximum Gasteiger partial charge on any atom is 0.292 e. The van der Waals surface area contributed by atoms with Crippen LogP contribution in [-0.4, -0.2) is 41.8 Å². The monoisotopic (exact) mass is 405 g/mol. The largest absolute Gasteiger partial charge is 0.494 e. The molecule has 2 aromatic carbocycles. The average molecular weight is 405 g/mol. The van der Waals surface area contributed by atoms with Crippen LogP contribution in [0.5, 0.6) is 5.75 Å². The zero-order valence-corrected chi connectivity index (χ0v) is 16.9. The van der Waals surface area contributed by atoms with Crippen molar-refractivity contribution in [2.75, 3.05) is 18.1 Å². The molecular formula is C23H23N3O4. The number of nitrogens with zero attached hydrogens (tertiary/aromatic N) is 1. The lowest BCUT2D eigenvalue weighted by Gasteiger charge is -2.17. The molecule has 0 saturated carbocycles. The third-order valence-corrected chi connectivity index (χ3v) is 5.25. The number of aryl methyl sites for hydroxylation is 1. The molecule has 7 heteroatoms. The first-order chi connectivity index (χ1) is 14.5. The minimum Gasteiger partial charge on any atom is -0.494 e. The van der Waals surface area contributed by atoms with Crippen molar-refractivity contribution in [3.63, 3.8) is 0 Å². The van der Waals surface area contributed by atoms with E-state index in [9.17, 15) is 14.4 Å². The van der Waals surface area contributed by atoms with Crippen LogP contribution in [0.1, 0.15) is 29.4 Å². The second-order valence-corrected chi connectivity index (χ2v) is 7.31. The standard InChI is InChI=1S/C23H23N3O4/c1-3-30-17-10-8-16(9-11-17)26-13-15(12-20(26)27)25-23(29)22(28)21-14(2)24-19-7-5-4-6-18(19)21/h4-11,15,24H,3,12-13H2,1-2H3,(H,25,29)/t15-/m0/s1. The Morgan fingerprint density at radius 2 is 1.90 bits per heavy atom. The number of aromatic amines is 1. The molecule has 30 heavy (non-hydrogen) atoms. The second-order valence-electron chi connectivity index (χ2n) is 7.31. The van der Waals surface area contributed by atoms with E-state index in [1.807, 2.05) is 43.3 Å². The number of amides is 2. The quantitative estimate of drug-likeness (QED) is 0.487. The number of H-pyrrole nitrogens is 1. The summed E-state index contributed by atoms with van der Waals surface area (Å²) in [5, 5.41) is 3.45. The molecular weight excluding hydrogens is 382 g/mol.